The molecule has 0 atom stereocenters. The van der Waals surface area contributed by atoms with Gasteiger partial charge in [-0.1, -0.05) is 13.8 Å². The van der Waals surface area contributed by atoms with E-state index >= 15 is 0 Å². The Morgan fingerprint density at radius 2 is 1.75 bits per heavy atom. The number of anilines is 2. The Balaban J connectivity index is 3.04. The van der Waals surface area contributed by atoms with Crippen molar-refractivity contribution >= 4 is 11.6 Å². The predicted octanol–water partition coefficient (Wildman–Crippen LogP) is 1.73. The Morgan fingerprint density at radius 3 is 2.25 bits per heavy atom. The molecule has 5 nitrogen and oxygen atoms in total. The number of hydrogen-bond acceptors (Lipinski definition) is 5. The van der Waals surface area contributed by atoms with Crippen LogP contribution in [0.3, 0.4) is 0 Å². The maximum Gasteiger partial charge on any atom is 0.168 e. The molecule has 0 saturated carbocycles. The van der Waals surface area contributed by atoms with Crippen molar-refractivity contribution in [1.82, 2.24) is 4.98 Å². The van der Waals surface area contributed by atoms with E-state index in [0.717, 1.165) is 12.5 Å². The van der Waals surface area contributed by atoms with Crippen LogP contribution in [0.2, 0.25) is 0 Å². The molecule has 0 fully saturated rings. The quantitative estimate of drug-likeness (QED) is 0.586. The minimum atomic E-state index is -1.09. The third kappa shape index (κ3) is 3.77. The molecule has 0 aromatic carbocycles. The molecule has 1 aromatic rings. The number of rotatable bonds is 8. The van der Waals surface area contributed by atoms with Crippen molar-refractivity contribution in [2.75, 3.05) is 30.4 Å². The van der Waals surface area contributed by atoms with Gasteiger partial charge in [-0.05, 0) is 12.8 Å². The smallest absolute Gasteiger partial charge is 0.168 e. The van der Waals surface area contributed by atoms with Gasteiger partial charge in [0, 0.05) is 12.6 Å². The number of halogens is 2. The number of hydrogen-bond donors (Lipinski definition) is 4. The second kappa shape index (κ2) is 7.35. The summed E-state index contributed by atoms with van der Waals surface area (Å²) in [7, 11) is 0. The zero-order valence-electron chi connectivity index (χ0n) is 11.7. The molecule has 1 heterocycles. The normalized spacial score (nSPS) is 11.5. The summed E-state index contributed by atoms with van der Waals surface area (Å²) in [6, 6.07) is 0.725. The highest BCUT2D eigenvalue weighted by Crippen LogP contribution is 2.23. The summed E-state index contributed by atoms with van der Waals surface area (Å²) in [4.78, 5) is 3.84. The third-order valence-electron chi connectivity index (χ3n) is 3.14. The molecule has 0 spiro atoms. The fourth-order valence-corrected chi connectivity index (χ4v) is 1.61. The van der Waals surface area contributed by atoms with Gasteiger partial charge in [-0.3, -0.25) is 0 Å². The molecule has 0 aliphatic heterocycles. The zero-order valence-corrected chi connectivity index (χ0v) is 11.7. The lowest BCUT2D eigenvalue weighted by molar-refractivity contribution is 0.132. The highest BCUT2D eigenvalue weighted by Gasteiger charge is 2.28. The predicted molar refractivity (Wildman–Crippen MR) is 73.8 cm³/mol. The van der Waals surface area contributed by atoms with Crippen molar-refractivity contribution in [3.8, 4) is 0 Å². The van der Waals surface area contributed by atoms with Crippen LogP contribution in [-0.4, -0.2) is 40.5 Å². The van der Waals surface area contributed by atoms with Crippen LogP contribution in [0.1, 0.15) is 26.7 Å². The maximum absolute atomic E-state index is 13.7. The van der Waals surface area contributed by atoms with Crippen molar-refractivity contribution in [2.24, 2.45) is 0 Å². The topological polar surface area (TPSA) is 77.4 Å². The largest absolute Gasteiger partial charge is 0.394 e. The molecule has 1 aromatic heterocycles. The van der Waals surface area contributed by atoms with E-state index in [2.05, 4.69) is 15.6 Å². The van der Waals surface area contributed by atoms with E-state index in [0.29, 0.717) is 13.0 Å². The summed E-state index contributed by atoms with van der Waals surface area (Å²) in [5.74, 6) is -1.91. The molecule has 0 saturated heterocycles. The summed E-state index contributed by atoms with van der Waals surface area (Å²) in [6.07, 6.45) is 1.13. The molecule has 0 bridgehead atoms. The van der Waals surface area contributed by atoms with Gasteiger partial charge in [0.2, 0.25) is 0 Å². The van der Waals surface area contributed by atoms with Crippen molar-refractivity contribution in [2.45, 2.75) is 32.2 Å². The summed E-state index contributed by atoms with van der Waals surface area (Å²) >= 11 is 0. The first-order valence-electron chi connectivity index (χ1n) is 6.61. The van der Waals surface area contributed by atoms with Gasteiger partial charge in [-0.15, -0.1) is 0 Å². The highest BCUT2D eigenvalue weighted by molar-refractivity contribution is 5.49. The second-order valence-corrected chi connectivity index (χ2v) is 4.65. The summed E-state index contributed by atoms with van der Waals surface area (Å²) in [6.45, 7) is 3.37. The van der Waals surface area contributed by atoms with Gasteiger partial charge in [-0.2, -0.15) is 0 Å². The Hall–Kier alpha value is -1.47. The Bertz CT molecular complexity index is 432. The Kier molecular flexibility index (Phi) is 6.09. The molecule has 0 amide bonds. The molecule has 7 heteroatoms. The minimum Gasteiger partial charge on any atom is -0.394 e. The van der Waals surface area contributed by atoms with Gasteiger partial charge < -0.3 is 20.8 Å². The van der Waals surface area contributed by atoms with E-state index in [4.69, 9.17) is 0 Å². The first-order chi connectivity index (χ1) is 9.51. The molecular formula is C13H21F2N3O2. The number of aliphatic hydroxyl groups excluding tert-OH is 2. The molecule has 4 N–H and O–H groups in total. The number of aliphatic hydroxyl groups is 2. The maximum atomic E-state index is 13.7. The highest BCUT2D eigenvalue weighted by atomic mass is 19.1. The molecule has 1 rings (SSSR count). The number of nitrogens with zero attached hydrogens (tertiary/aromatic N) is 1. The van der Waals surface area contributed by atoms with Gasteiger partial charge in [-0.25, -0.2) is 13.8 Å². The third-order valence-corrected chi connectivity index (χ3v) is 3.14. The lowest BCUT2D eigenvalue weighted by Gasteiger charge is -2.30. The molecular weight excluding hydrogens is 268 g/mol. The number of nitrogens with one attached hydrogen (secondary N) is 2. The van der Waals surface area contributed by atoms with E-state index in [9.17, 15) is 19.0 Å². The summed E-state index contributed by atoms with van der Waals surface area (Å²) in [5.41, 5.74) is -1.09. The van der Waals surface area contributed by atoms with Crippen LogP contribution < -0.4 is 10.6 Å². The van der Waals surface area contributed by atoms with Crippen molar-refractivity contribution in [3.63, 3.8) is 0 Å². The first-order valence-corrected chi connectivity index (χ1v) is 6.61. The van der Waals surface area contributed by atoms with Gasteiger partial charge in [0.1, 0.15) is 0 Å². The van der Waals surface area contributed by atoms with Crippen molar-refractivity contribution < 1.29 is 19.0 Å². The second-order valence-electron chi connectivity index (χ2n) is 4.65. The fraction of sp³-hybridized carbons (Fsp3) is 0.615. The molecule has 0 aliphatic carbocycles. The van der Waals surface area contributed by atoms with E-state index in [1.54, 1.807) is 6.92 Å². The lowest BCUT2D eigenvalue weighted by Crippen LogP contribution is -2.45. The zero-order chi connectivity index (χ0) is 15.2. The van der Waals surface area contributed by atoms with Gasteiger partial charge >= 0.3 is 0 Å². The van der Waals surface area contributed by atoms with Crippen LogP contribution in [-0.2, 0) is 0 Å². The van der Waals surface area contributed by atoms with Gasteiger partial charge in [0.15, 0.2) is 23.3 Å². The minimum absolute atomic E-state index is 0.0587. The van der Waals surface area contributed by atoms with E-state index < -0.39 is 30.4 Å². The lowest BCUT2D eigenvalue weighted by atomic mass is 9.98. The number of pyridine rings is 1. The molecule has 0 radical (unpaired) electrons. The van der Waals surface area contributed by atoms with Crippen LogP contribution in [0, 0.1) is 11.6 Å². The Labute approximate surface area is 117 Å². The summed E-state index contributed by atoms with van der Waals surface area (Å²) in [5, 5.41) is 24.1. The Morgan fingerprint density at radius 1 is 1.15 bits per heavy atom. The average Bonchev–Trinajstić information content (AvgIpc) is 2.46. The molecule has 114 valence electrons. The van der Waals surface area contributed by atoms with Crippen LogP contribution in [0.5, 0.6) is 0 Å². The van der Waals surface area contributed by atoms with Crippen LogP contribution >= 0.6 is 0 Å². The van der Waals surface area contributed by atoms with Crippen LogP contribution in [0.4, 0.5) is 20.4 Å². The van der Waals surface area contributed by atoms with E-state index in [1.807, 2.05) is 6.92 Å². The number of aromatic nitrogens is 1. The van der Waals surface area contributed by atoms with Gasteiger partial charge in [0.05, 0.1) is 18.8 Å². The van der Waals surface area contributed by atoms with E-state index in [-0.39, 0.29) is 11.6 Å². The first kappa shape index (κ1) is 16.6. The SMILES string of the molecule is CCCNc1nc(NC(CC)(CO)CO)c(F)cc1F. The van der Waals surface area contributed by atoms with Gasteiger partial charge in [0.25, 0.3) is 0 Å². The van der Waals surface area contributed by atoms with Crippen molar-refractivity contribution in [3.05, 3.63) is 17.7 Å². The van der Waals surface area contributed by atoms with Crippen LogP contribution in [0.15, 0.2) is 6.07 Å². The monoisotopic (exact) mass is 289 g/mol. The molecule has 20 heavy (non-hydrogen) atoms. The molecule has 0 unspecified atom stereocenters. The average molecular weight is 289 g/mol. The van der Waals surface area contributed by atoms with E-state index in [1.165, 1.54) is 0 Å². The van der Waals surface area contributed by atoms with Crippen LogP contribution in [0.25, 0.3) is 0 Å². The summed E-state index contributed by atoms with van der Waals surface area (Å²) < 4.78 is 27.3. The molecule has 0 aliphatic rings. The fourth-order valence-electron chi connectivity index (χ4n) is 1.61. The standard InChI is InChI=1S/C13H21F2N3O2/c1-3-5-16-11-9(14)6-10(15)12(17-11)18-13(4-2,7-19)8-20/h6,19-20H,3-5,7-8H2,1-2H3,(H2,16,17,18). The van der Waals surface area contributed by atoms with Crippen molar-refractivity contribution in [1.29, 1.82) is 0 Å².